The second kappa shape index (κ2) is 9.99. The molecule has 1 fully saturated rings. The normalized spacial score (nSPS) is 16.3. The Hall–Kier alpha value is -2.98. The first-order chi connectivity index (χ1) is 14.0. The Balaban J connectivity index is 1.60. The van der Waals surface area contributed by atoms with E-state index >= 15 is 0 Å². The van der Waals surface area contributed by atoms with E-state index in [4.69, 9.17) is 5.11 Å². The number of nitrogens with one attached hydrogen (secondary N) is 1. The Morgan fingerprint density at radius 2 is 1.48 bits per heavy atom. The monoisotopic (exact) mass is 389 g/mol. The van der Waals surface area contributed by atoms with Gasteiger partial charge in [-0.2, -0.15) is 0 Å². The van der Waals surface area contributed by atoms with Gasteiger partial charge >= 0.3 is 5.97 Å². The van der Waals surface area contributed by atoms with E-state index in [9.17, 15) is 9.59 Å². The van der Waals surface area contributed by atoms with E-state index in [1.165, 1.54) is 24.5 Å². The van der Waals surface area contributed by atoms with E-state index < -0.39 is 5.97 Å². The third kappa shape index (κ3) is 6.00. The van der Waals surface area contributed by atoms with Crippen LogP contribution in [0.15, 0.2) is 60.7 Å². The molecule has 4 nitrogen and oxygen atoms in total. The summed E-state index contributed by atoms with van der Waals surface area (Å²) >= 11 is 0. The first kappa shape index (κ1) is 20.7. The first-order valence-electron chi connectivity index (χ1n) is 10.1. The third-order valence-electron chi connectivity index (χ3n) is 5.59. The molecule has 0 aliphatic carbocycles. The van der Waals surface area contributed by atoms with Crippen LogP contribution in [0.3, 0.4) is 0 Å². The number of benzene rings is 2. The minimum absolute atomic E-state index is 0.0269. The van der Waals surface area contributed by atoms with Crippen molar-refractivity contribution in [2.75, 3.05) is 13.1 Å². The molecule has 3 rings (SSSR count). The number of carbonyl (C=O) groups is 2. The van der Waals surface area contributed by atoms with Gasteiger partial charge in [0.05, 0.1) is 0 Å². The van der Waals surface area contributed by atoms with Gasteiger partial charge in [0.1, 0.15) is 0 Å². The zero-order valence-corrected chi connectivity index (χ0v) is 16.7. The number of ketones is 1. The Labute approximate surface area is 172 Å². The van der Waals surface area contributed by atoms with Gasteiger partial charge in [0, 0.05) is 11.6 Å². The lowest BCUT2D eigenvalue weighted by Crippen LogP contribution is -2.30. The van der Waals surface area contributed by atoms with Gasteiger partial charge in [0.25, 0.3) is 0 Å². The lowest BCUT2D eigenvalue weighted by molar-refractivity contribution is -0.131. The molecular formula is C25H27NO3. The number of carboxylic acid groups (broad SMARTS) is 1. The number of hydrogen-bond acceptors (Lipinski definition) is 3. The Morgan fingerprint density at radius 1 is 0.931 bits per heavy atom. The average Bonchev–Trinajstić information content (AvgIpc) is 2.77. The van der Waals surface area contributed by atoms with Crippen LogP contribution in [0.25, 0.3) is 12.2 Å². The van der Waals surface area contributed by atoms with Gasteiger partial charge in [0.2, 0.25) is 0 Å². The highest BCUT2D eigenvalue weighted by atomic mass is 16.4. The van der Waals surface area contributed by atoms with Crippen LogP contribution in [0.5, 0.6) is 0 Å². The molecule has 0 radical (unpaired) electrons. The van der Waals surface area contributed by atoms with Crippen molar-refractivity contribution in [1.82, 2.24) is 5.32 Å². The molecule has 2 N–H and O–H groups in total. The molecule has 29 heavy (non-hydrogen) atoms. The molecule has 2 aromatic rings. The topological polar surface area (TPSA) is 66.4 Å². The molecule has 0 spiro atoms. The molecule has 0 bridgehead atoms. The second-order valence-corrected chi connectivity index (χ2v) is 7.53. The zero-order chi connectivity index (χ0) is 20.6. The van der Waals surface area contributed by atoms with E-state index in [0.29, 0.717) is 17.4 Å². The number of piperidine rings is 1. The molecule has 1 aliphatic heterocycles. The highest BCUT2D eigenvalue weighted by Crippen LogP contribution is 2.30. The number of aliphatic carboxylic acids is 1. The molecule has 1 saturated heterocycles. The molecule has 0 saturated carbocycles. The van der Waals surface area contributed by atoms with Crippen LogP contribution in [0.4, 0.5) is 0 Å². The maximum atomic E-state index is 12.5. The molecule has 1 heterocycles. The molecule has 0 amide bonds. The zero-order valence-electron chi connectivity index (χ0n) is 16.7. The first-order valence-corrected chi connectivity index (χ1v) is 10.1. The van der Waals surface area contributed by atoms with Crippen molar-refractivity contribution in [3.05, 3.63) is 82.9 Å². The van der Waals surface area contributed by atoms with Crippen molar-refractivity contribution in [2.45, 2.75) is 25.7 Å². The standard InChI is InChI=1S/C25H27NO3/c1-18(22-14-16-26-17-15-22)21-8-10-23(11-9-21)24(27)12-6-19-2-4-20(5-3-19)7-13-25(28)29/h2-13,18,22,26H,14-17H2,1H3,(H,28,29). The second-order valence-electron chi connectivity index (χ2n) is 7.53. The van der Waals surface area contributed by atoms with E-state index in [2.05, 4.69) is 24.4 Å². The van der Waals surface area contributed by atoms with Gasteiger partial charge in [-0.05, 0) is 66.6 Å². The maximum Gasteiger partial charge on any atom is 0.328 e. The SMILES string of the molecule is CC(c1ccc(C(=O)C=Cc2ccc(C=CC(=O)O)cc2)cc1)C1CCNCC1. The molecule has 150 valence electrons. The summed E-state index contributed by atoms with van der Waals surface area (Å²) in [4.78, 5) is 23.0. The fourth-order valence-corrected chi connectivity index (χ4v) is 3.72. The quantitative estimate of drug-likeness (QED) is 0.528. The number of rotatable bonds is 7. The van der Waals surface area contributed by atoms with Crippen molar-refractivity contribution in [2.24, 2.45) is 5.92 Å². The number of carboxylic acids is 1. The van der Waals surface area contributed by atoms with Gasteiger partial charge in [-0.1, -0.05) is 61.5 Å². The van der Waals surface area contributed by atoms with Gasteiger partial charge in [-0.15, -0.1) is 0 Å². The van der Waals surface area contributed by atoms with E-state index in [1.807, 2.05) is 36.4 Å². The maximum absolute atomic E-state index is 12.5. The third-order valence-corrected chi connectivity index (χ3v) is 5.59. The summed E-state index contributed by atoms with van der Waals surface area (Å²) in [6.07, 6.45) is 8.40. The minimum atomic E-state index is -0.976. The molecule has 1 aliphatic rings. The minimum Gasteiger partial charge on any atom is -0.478 e. The summed E-state index contributed by atoms with van der Waals surface area (Å²) in [6, 6.07) is 15.3. The molecule has 2 aromatic carbocycles. The smallest absolute Gasteiger partial charge is 0.328 e. The number of carbonyl (C=O) groups excluding carboxylic acids is 1. The van der Waals surface area contributed by atoms with Crippen molar-refractivity contribution in [3.8, 4) is 0 Å². The fourth-order valence-electron chi connectivity index (χ4n) is 3.72. The van der Waals surface area contributed by atoms with Crippen LogP contribution in [0, 0.1) is 5.92 Å². The molecule has 1 unspecified atom stereocenters. The van der Waals surface area contributed by atoms with Crippen LogP contribution >= 0.6 is 0 Å². The average molecular weight is 389 g/mol. The van der Waals surface area contributed by atoms with E-state index in [0.717, 1.165) is 30.3 Å². The van der Waals surface area contributed by atoms with Crippen LogP contribution in [0.2, 0.25) is 0 Å². The summed E-state index contributed by atoms with van der Waals surface area (Å²) < 4.78 is 0. The van der Waals surface area contributed by atoms with Crippen LogP contribution in [-0.2, 0) is 4.79 Å². The molecular weight excluding hydrogens is 362 g/mol. The highest BCUT2D eigenvalue weighted by molar-refractivity contribution is 6.06. The van der Waals surface area contributed by atoms with Crippen LogP contribution < -0.4 is 5.32 Å². The summed E-state index contributed by atoms with van der Waals surface area (Å²) in [5.74, 6) is 0.202. The largest absolute Gasteiger partial charge is 0.478 e. The van der Waals surface area contributed by atoms with Gasteiger partial charge in [-0.25, -0.2) is 4.79 Å². The summed E-state index contributed by atoms with van der Waals surface area (Å²) in [5, 5.41) is 12.1. The van der Waals surface area contributed by atoms with Crippen molar-refractivity contribution in [3.63, 3.8) is 0 Å². The molecule has 0 aromatic heterocycles. The lowest BCUT2D eigenvalue weighted by atomic mass is 9.81. The lowest BCUT2D eigenvalue weighted by Gasteiger charge is -2.28. The van der Waals surface area contributed by atoms with E-state index in [-0.39, 0.29) is 5.78 Å². The Bertz CT molecular complexity index is 889. The molecule has 1 atom stereocenters. The highest BCUT2D eigenvalue weighted by Gasteiger charge is 2.21. The Morgan fingerprint density at radius 3 is 2.03 bits per heavy atom. The summed E-state index contributed by atoms with van der Waals surface area (Å²) in [5.41, 5.74) is 3.67. The van der Waals surface area contributed by atoms with E-state index in [1.54, 1.807) is 12.2 Å². The Kier molecular flexibility index (Phi) is 7.14. The number of hydrogen-bond donors (Lipinski definition) is 2. The fraction of sp³-hybridized carbons (Fsp3) is 0.280. The predicted molar refractivity (Wildman–Crippen MR) is 117 cm³/mol. The summed E-state index contributed by atoms with van der Waals surface area (Å²) in [6.45, 7) is 4.46. The molecule has 4 heteroatoms. The summed E-state index contributed by atoms with van der Waals surface area (Å²) in [7, 11) is 0. The van der Waals surface area contributed by atoms with Crippen LogP contribution in [-0.4, -0.2) is 29.9 Å². The van der Waals surface area contributed by atoms with Gasteiger partial charge in [-0.3, -0.25) is 4.79 Å². The van der Waals surface area contributed by atoms with Gasteiger partial charge < -0.3 is 10.4 Å². The van der Waals surface area contributed by atoms with Crippen molar-refractivity contribution in [1.29, 1.82) is 0 Å². The van der Waals surface area contributed by atoms with Crippen molar-refractivity contribution >= 4 is 23.9 Å². The predicted octanol–water partition coefficient (Wildman–Crippen LogP) is 4.78. The van der Waals surface area contributed by atoms with Crippen LogP contribution in [0.1, 0.15) is 52.7 Å². The van der Waals surface area contributed by atoms with Gasteiger partial charge in [0.15, 0.2) is 5.78 Å². The van der Waals surface area contributed by atoms with Crippen molar-refractivity contribution < 1.29 is 14.7 Å². The number of allylic oxidation sites excluding steroid dienone is 1.